The number of hydrogen-bond acceptors (Lipinski definition) is 6. The maximum atomic E-state index is 12.7. The molecule has 2 aromatic carbocycles. The summed E-state index contributed by atoms with van der Waals surface area (Å²) in [6, 6.07) is 15.3. The number of ether oxygens (including phenoxy) is 2. The zero-order valence-corrected chi connectivity index (χ0v) is 17.2. The van der Waals surface area contributed by atoms with E-state index >= 15 is 0 Å². The van der Waals surface area contributed by atoms with Crippen LogP contribution in [-0.2, 0) is 11.2 Å². The zero-order chi connectivity index (χ0) is 20.9. The highest BCUT2D eigenvalue weighted by atomic mass is 16.5. The summed E-state index contributed by atoms with van der Waals surface area (Å²) >= 11 is 0. The Morgan fingerprint density at radius 1 is 1.13 bits per heavy atom. The van der Waals surface area contributed by atoms with Crippen LogP contribution in [-0.4, -0.2) is 48.3 Å². The minimum absolute atomic E-state index is 0.0415. The molecule has 0 spiro atoms. The van der Waals surface area contributed by atoms with Gasteiger partial charge in [-0.05, 0) is 36.6 Å². The van der Waals surface area contributed by atoms with Crippen LogP contribution in [0, 0.1) is 0 Å². The van der Waals surface area contributed by atoms with Gasteiger partial charge in [-0.25, -0.2) is 0 Å². The molecular weight excluding hydrogens is 382 g/mol. The first-order valence-electron chi connectivity index (χ1n) is 10.1. The van der Waals surface area contributed by atoms with Gasteiger partial charge in [0.05, 0.1) is 26.6 Å². The first kappa shape index (κ1) is 19.9. The van der Waals surface area contributed by atoms with Crippen LogP contribution in [0.3, 0.4) is 0 Å². The number of methoxy groups -OCH3 is 2. The zero-order valence-electron chi connectivity index (χ0n) is 17.2. The van der Waals surface area contributed by atoms with Crippen molar-refractivity contribution in [3.63, 3.8) is 0 Å². The van der Waals surface area contributed by atoms with E-state index in [0.29, 0.717) is 36.2 Å². The van der Waals surface area contributed by atoms with Gasteiger partial charge in [0.1, 0.15) is 0 Å². The minimum Gasteiger partial charge on any atom is -0.493 e. The van der Waals surface area contributed by atoms with Crippen molar-refractivity contribution in [3.8, 4) is 22.9 Å². The molecule has 1 aromatic heterocycles. The number of carbonyl (C=O) groups is 1. The second-order valence-corrected chi connectivity index (χ2v) is 7.37. The van der Waals surface area contributed by atoms with Crippen molar-refractivity contribution >= 4 is 5.91 Å². The van der Waals surface area contributed by atoms with E-state index < -0.39 is 0 Å². The number of amides is 1. The Balaban J connectivity index is 1.46. The van der Waals surface area contributed by atoms with Gasteiger partial charge < -0.3 is 18.9 Å². The van der Waals surface area contributed by atoms with Gasteiger partial charge in [-0.3, -0.25) is 4.79 Å². The van der Waals surface area contributed by atoms with Crippen molar-refractivity contribution in [1.29, 1.82) is 0 Å². The molecule has 30 heavy (non-hydrogen) atoms. The number of benzene rings is 2. The highest BCUT2D eigenvalue weighted by Gasteiger charge is 2.28. The van der Waals surface area contributed by atoms with E-state index in [1.54, 1.807) is 14.2 Å². The maximum Gasteiger partial charge on any atom is 0.231 e. The Morgan fingerprint density at radius 2 is 1.93 bits per heavy atom. The molecule has 1 fully saturated rings. The first-order valence-corrected chi connectivity index (χ1v) is 10.1. The van der Waals surface area contributed by atoms with Gasteiger partial charge in [-0.1, -0.05) is 35.5 Å². The van der Waals surface area contributed by atoms with Crippen LogP contribution in [0.5, 0.6) is 11.5 Å². The van der Waals surface area contributed by atoms with Gasteiger partial charge >= 0.3 is 0 Å². The SMILES string of the molecule is COc1ccc(-c2noc(C3CCCN(C(=O)Cc4ccccc4)C3)n2)cc1OC. The van der Waals surface area contributed by atoms with Gasteiger partial charge in [-0.2, -0.15) is 4.98 Å². The van der Waals surface area contributed by atoms with Crippen molar-refractivity contribution in [2.45, 2.75) is 25.2 Å². The number of rotatable bonds is 6. The fraction of sp³-hybridized carbons (Fsp3) is 0.348. The van der Waals surface area contributed by atoms with Crippen LogP contribution in [0.25, 0.3) is 11.4 Å². The Bertz CT molecular complexity index is 1000. The summed E-state index contributed by atoms with van der Waals surface area (Å²) in [5, 5.41) is 4.14. The third-order valence-corrected chi connectivity index (χ3v) is 5.40. The van der Waals surface area contributed by atoms with Crippen LogP contribution in [0.4, 0.5) is 0 Å². The summed E-state index contributed by atoms with van der Waals surface area (Å²) in [5.74, 6) is 2.49. The summed E-state index contributed by atoms with van der Waals surface area (Å²) in [7, 11) is 3.18. The van der Waals surface area contributed by atoms with Crippen LogP contribution < -0.4 is 9.47 Å². The van der Waals surface area contributed by atoms with Crippen molar-refractivity contribution < 1.29 is 18.8 Å². The van der Waals surface area contributed by atoms with Crippen molar-refractivity contribution in [2.75, 3.05) is 27.3 Å². The molecule has 0 bridgehead atoms. The molecule has 4 rings (SSSR count). The lowest BCUT2D eigenvalue weighted by atomic mass is 9.97. The second kappa shape index (κ2) is 8.98. The summed E-state index contributed by atoms with van der Waals surface area (Å²) in [4.78, 5) is 19.2. The number of likely N-dealkylation sites (tertiary alicyclic amines) is 1. The Labute approximate surface area is 175 Å². The Morgan fingerprint density at radius 3 is 2.70 bits per heavy atom. The lowest BCUT2D eigenvalue weighted by molar-refractivity contribution is -0.131. The summed E-state index contributed by atoms with van der Waals surface area (Å²) < 4.78 is 16.2. The molecule has 7 heteroatoms. The maximum absolute atomic E-state index is 12.7. The Hall–Kier alpha value is -3.35. The average Bonchev–Trinajstić information content (AvgIpc) is 3.30. The van der Waals surface area contributed by atoms with E-state index in [2.05, 4.69) is 10.1 Å². The third-order valence-electron chi connectivity index (χ3n) is 5.40. The molecule has 0 radical (unpaired) electrons. The molecule has 1 unspecified atom stereocenters. The van der Waals surface area contributed by atoms with E-state index in [1.807, 2.05) is 53.4 Å². The fourth-order valence-corrected chi connectivity index (χ4v) is 3.78. The summed E-state index contributed by atoms with van der Waals surface area (Å²) in [5.41, 5.74) is 1.81. The first-order chi connectivity index (χ1) is 14.7. The van der Waals surface area contributed by atoms with Crippen LogP contribution in [0.2, 0.25) is 0 Å². The number of aromatic nitrogens is 2. The van der Waals surface area contributed by atoms with Gasteiger partial charge in [0.2, 0.25) is 17.6 Å². The van der Waals surface area contributed by atoms with Gasteiger partial charge in [0.15, 0.2) is 11.5 Å². The monoisotopic (exact) mass is 407 g/mol. The molecule has 1 saturated heterocycles. The largest absolute Gasteiger partial charge is 0.493 e. The quantitative estimate of drug-likeness (QED) is 0.620. The lowest BCUT2D eigenvalue weighted by Gasteiger charge is -2.31. The van der Waals surface area contributed by atoms with E-state index in [1.165, 1.54) is 0 Å². The highest BCUT2D eigenvalue weighted by Crippen LogP contribution is 2.32. The molecule has 156 valence electrons. The van der Waals surface area contributed by atoms with Crippen LogP contribution in [0.15, 0.2) is 53.1 Å². The molecule has 3 aromatic rings. The van der Waals surface area contributed by atoms with Crippen LogP contribution in [0.1, 0.15) is 30.2 Å². The Kier molecular flexibility index (Phi) is 5.97. The molecule has 1 atom stereocenters. The predicted molar refractivity (Wildman–Crippen MR) is 112 cm³/mol. The molecule has 1 aliphatic rings. The van der Waals surface area contributed by atoms with E-state index in [4.69, 9.17) is 14.0 Å². The predicted octanol–water partition coefficient (Wildman–Crippen LogP) is 3.70. The third kappa shape index (κ3) is 4.30. The highest BCUT2D eigenvalue weighted by molar-refractivity contribution is 5.79. The summed E-state index contributed by atoms with van der Waals surface area (Å²) in [6.07, 6.45) is 2.25. The average molecular weight is 407 g/mol. The molecular formula is C23H25N3O4. The number of nitrogens with zero attached hydrogens (tertiary/aromatic N) is 3. The van der Waals surface area contributed by atoms with E-state index in [9.17, 15) is 4.79 Å². The standard InChI is InChI=1S/C23H25N3O4/c1-28-19-11-10-17(14-20(19)29-2)22-24-23(30-25-22)18-9-6-12-26(15-18)21(27)13-16-7-4-3-5-8-16/h3-5,7-8,10-11,14,18H,6,9,12-13,15H2,1-2H3. The van der Waals surface area contributed by atoms with E-state index in [0.717, 1.165) is 30.5 Å². The van der Waals surface area contributed by atoms with Gasteiger partial charge in [-0.15, -0.1) is 0 Å². The molecule has 0 N–H and O–H groups in total. The normalized spacial score (nSPS) is 16.3. The smallest absolute Gasteiger partial charge is 0.231 e. The number of piperidine rings is 1. The molecule has 1 amide bonds. The number of carbonyl (C=O) groups excluding carboxylic acids is 1. The van der Waals surface area contributed by atoms with Crippen LogP contribution >= 0.6 is 0 Å². The molecule has 1 aliphatic heterocycles. The molecule has 2 heterocycles. The molecule has 7 nitrogen and oxygen atoms in total. The van der Waals surface area contributed by atoms with Crippen molar-refractivity contribution in [1.82, 2.24) is 15.0 Å². The van der Waals surface area contributed by atoms with E-state index in [-0.39, 0.29) is 11.8 Å². The van der Waals surface area contributed by atoms with Crippen molar-refractivity contribution in [3.05, 3.63) is 60.0 Å². The lowest BCUT2D eigenvalue weighted by Crippen LogP contribution is -2.40. The number of hydrogen-bond donors (Lipinski definition) is 0. The fourth-order valence-electron chi connectivity index (χ4n) is 3.78. The minimum atomic E-state index is 0.0415. The molecule has 0 saturated carbocycles. The second-order valence-electron chi connectivity index (χ2n) is 7.37. The van der Waals surface area contributed by atoms with Crippen molar-refractivity contribution in [2.24, 2.45) is 0 Å². The summed E-state index contributed by atoms with van der Waals surface area (Å²) in [6.45, 7) is 1.36. The topological polar surface area (TPSA) is 77.7 Å². The van der Waals surface area contributed by atoms with Gasteiger partial charge in [0.25, 0.3) is 0 Å². The molecule has 0 aliphatic carbocycles. The van der Waals surface area contributed by atoms with Gasteiger partial charge in [0, 0.05) is 18.7 Å².